The van der Waals surface area contributed by atoms with Gasteiger partial charge in [0, 0.05) is 12.6 Å². The molecule has 4 nitrogen and oxygen atoms in total. The number of hydrogen-bond donors (Lipinski definition) is 1. The lowest BCUT2D eigenvalue weighted by Crippen LogP contribution is -2.37. The second-order valence-electron chi connectivity index (χ2n) is 3.35. The lowest BCUT2D eigenvalue weighted by Gasteiger charge is -2.17. The fraction of sp³-hybridized carbons (Fsp3) is 0.875. The van der Waals surface area contributed by atoms with Gasteiger partial charge in [-0.15, -0.1) is 0 Å². The highest BCUT2D eigenvalue weighted by molar-refractivity contribution is 5.69. The normalized spacial score (nSPS) is 29.5. The molecular formula is C8H14N2O2. The van der Waals surface area contributed by atoms with E-state index in [2.05, 4.69) is 5.32 Å². The smallest absolute Gasteiger partial charge is 0.409 e. The summed E-state index contributed by atoms with van der Waals surface area (Å²) < 4.78 is 4.83. The third-order valence-corrected chi connectivity index (χ3v) is 2.45. The summed E-state index contributed by atoms with van der Waals surface area (Å²) in [6.45, 7) is 3.23. The molecule has 2 heterocycles. The summed E-state index contributed by atoms with van der Waals surface area (Å²) in [5.41, 5.74) is 0. The first kappa shape index (κ1) is 7.86. The Kier molecular flexibility index (Phi) is 2.17. The molecule has 0 unspecified atom stereocenters. The van der Waals surface area contributed by atoms with Crippen molar-refractivity contribution in [2.24, 2.45) is 0 Å². The third-order valence-electron chi connectivity index (χ3n) is 2.45. The Hall–Kier alpha value is -0.770. The van der Waals surface area contributed by atoms with E-state index >= 15 is 0 Å². The third kappa shape index (κ3) is 1.53. The van der Waals surface area contributed by atoms with Gasteiger partial charge in [0.25, 0.3) is 0 Å². The minimum Gasteiger partial charge on any atom is -0.448 e. The van der Waals surface area contributed by atoms with E-state index in [0.29, 0.717) is 12.6 Å². The molecule has 2 aliphatic rings. The van der Waals surface area contributed by atoms with Gasteiger partial charge in [-0.2, -0.15) is 0 Å². The van der Waals surface area contributed by atoms with Crippen molar-refractivity contribution in [1.82, 2.24) is 10.2 Å². The number of rotatable bonds is 2. The van der Waals surface area contributed by atoms with E-state index in [1.54, 1.807) is 4.90 Å². The zero-order valence-electron chi connectivity index (χ0n) is 7.08. The number of carbonyl (C=O) groups is 1. The molecule has 0 bridgehead atoms. The Morgan fingerprint density at radius 3 is 3.17 bits per heavy atom. The molecule has 2 fully saturated rings. The van der Waals surface area contributed by atoms with E-state index in [1.807, 2.05) is 0 Å². The van der Waals surface area contributed by atoms with E-state index in [0.717, 1.165) is 19.6 Å². The predicted octanol–water partition coefficient (Wildman–Crippen LogP) is 0.191. The highest BCUT2D eigenvalue weighted by atomic mass is 16.6. The van der Waals surface area contributed by atoms with Gasteiger partial charge >= 0.3 is 6.09 Å². The van der Waals surface area contributed by atoms with Crippen molar-refractivity contribution in [3.63, 3.8) is 0 Å². The molecule has 0 aromatic heterocycles. The van der Waals surface area contributed by atoms with Gasteiger partial charge in [0.2, 0.25) is 0 Å². The first-order chi connectivity index (χ1) is 5.86. The van der Waals surface area contributed by atoms with Crippen LogP contribution in [0.25, 0.3) is 0 Å². The van der Waals surface area contributed by atoms with Crippen LogP contribution in [0.15, 0.2) is 0 Å². The molecule has 0 spiro atoms. The Bertz CT molecular complexity index is 178. The Morgan fingerprint density at radius 2 is 2.58 bits per heavy atom. The second kappa shape index (κ2) is 3.31. The van der Waals surface area contributed by atoms with Gasteiger partial charge in [-0.05, 0) is 19.4 Å². The van der Waals surface area contributed by atoms with Crippen molar-refractivity contribution in [2.45, 2.75) is 18.9 Å². The van der Waals surface area contributed by atoms with Crippen LogP contribution in [0.5, 0.6) is 0 Å². The van der Waals surface area contributed by atoms with Crippen LogP contribution in [0.2, 0.25) is 0 Å². The fourth-order valence-electron chi connectivity index (χ4n) is 1.77. The summed E-state index contributed by atoms with van der Waals surface area (Å²) in [6.07, 6.45) is 2.26. The lowest BCUT2D eigenvalue weighted by atomic mass is 10.2. The van der Waals surface area contributed by atoms with Crippen LogP contribution in [-0.4, -0.2) is 43.3 Å². The quantitative estimate of drug-likeness (QED) is 0.643. The van der Waals surface area contributed by atoms with Gasteiger partial charge < -0.3 is 15.0 Å². The van der Waals surface area contributed by atoms with Crippen molar-refractivity contribution in [2.75, 3.05) is 26.2 Å². The first-order valence-corrected chi connectivity index (χ1v) is 4.51. The summed E-state index contributed by atoms with van der Waals surface area (Å²) >= 11 is 0. The molecule has 68 valence electrons. The zero-order valence-corrected chi connectivity index (χ0v) is 7.08. The van der Waals surface area contributed by atoms with Crippen LogP contribution in [0.3, 0.4) is 0 Å². The van der Waals surface area contributed by atoms with Crippen molar-refractivity contribution in [3.05, 3.63) is 0 Å². The molecule has 1 atom stereocenters. The highest BCUT2D eigenvalue weighted by Crippen LogP contribution is 2.10. The SMILES string of the molecule is O=C1OCCN1C[C@@H]1CCCN1. The monoisotopic (exact) mass is 170 g/mol. The van der Waals surface area contributed by atoms with Gasteiger partial charge in [-0.3, -0.25) is 0 Å². The van der Waals surface area contributed by atoms with Crippen LogP contribution < -0.4 is 5.32 Å². The maximum absolute atomic E-state index is 11.0. The molecule has 1 amide bonds. The maximum Gasteiger partial charge on any atom is 0.409 e. The molecule has 2 rings (SSSR count). The van der Waals surface area contributed by atoms with Gasteiger partial charge in [0.1, 0.15) is 6.61 Å². The van der Waals surface area contributed by atoms with Crippen LogP contribution in [0.4, 0.5) is 4.79 Å². The lowest BCUT2D eigenvalue weighted by molar-refractivity contribution is 0.156. The molecule has 0 radical (unpaired) electrons. The van der Waals surface area contributed by atoms with Gasteiger partial charge in [0.05, 0.1) is 6.54 Å². The number of nitrogens with one attached hydrogen (secondary N) is 1. The Labute approximate surface area is 71.9 Å². The Morgan fingerprint density at radius 1 is 1.67 bits per heavy atom. The largest absolute Gasteiger partial charge is 0.448 e. The zero-order chi connectivity index (χ0) is 8.39. The average molecular weight is 170 g/mol. The fourth-order valence-corrected chi connectivity index (χ4v) is 1.77. The maximum atomic E-state index is 11.0. The van der Waals surface area contributed by atoms with Gasteiger partial charge in [-0.25, -0.2) is 4.79 Å². The predicted molar refractivity (Wildman–Crippen MR) is 43.9 cm³/mol. The van der Waals surface area contributed by atoms with Crippen LogP contribution >= 0.6 is 0 Å². The van der Waals surface area contributed by atoms with E-state index in [-0.39, 0.29) is 6.09 Å². The molecule has 1 N–H and O–H groups in total. The van der Waals surface area contributed by atoms with Crippen molar-refractivity contribution >= 4 is 6.09 Å². The minimum absolute atomic E-state index is 0.149. The summed E-state index contributed by atoms with van der Waals surface area (Å²) in [7, 11) is 0. The number of cyclic esters (lactones) is 1. The topological polar surface area (TPSA) is 41.6 Å². The molecule has 0 aromatic carbocycles. The summed E-state index contributed by atoms with van der Waals surface area (Å²) in [6, 6.07) is 0.496. The van der Waals surface area contributed by atoms with Crippen LogP contribution in [0, 0.1) is 0 Å². The standard InChI is InChI=1S/C8H14N2O2/c11-8-10(4-5-12-8)6-7-2-1-3-9-7/h7,9H,1-6H2/t7-/m0/s1. The number of hydrogen-bond acceptors (Lipinski definition) is 3. The van der Waals surface area contributed by atoms with E-state index < -0.39 is 0 Å². The number of nitrogens with zero attached hydrogens (tertiary/aromatic N) is 1. The molecular weight excluding hydrogens is 156 g/mol. The molecule has 0 aromatic rings. The first-order valence-electron chi connectivity index (χ1n) is 4.51. The summed E-state index contributed by atoms with van der Waals surface area (Å²) in [5, 5.41) is 3.35. The van der Waals surface area contributed by atoms with Crippen molar-refractivity contribution < 1.29 is 9.53 Å². The molecule has 0 saturated carbocycles. The van der Waals surface area contributed by atoms with Crippen LogP contribution in [0.1, 0.15) is 12.8 Å². The van der Waals surface area contributed by atoms with Crippen LogP contribution in [-0.2, 0) is 4.74 Å². The number of amides is 1. The van der Waals surface area contributed by atoms with E-state index in [9.17, 15) is 4.79 Å². The number of ether oxygens (including phenoxy) is 1. The minimum atomic E-state index is -0.149. The Balaban J connectivity index is 1.81. The average Bonchev–Trinajstić information content (AvgIpc) is 2.65. The van der Waals surface area contributed by atoms with E-state index in [1.165, 1.54) is 12.8 Å². The summed E-state index contributed by atoms with van der Waals surface area (Å²) in [4.78, 5) is 12.8. The van der Waals surface area contributed by atoms with E-state index in [4.69, 9.17) is 4.74 Å². The van der Waals surface area contributed by atoms with Gasteiger partial charge in [-0.1, -0.05) is 0 Å². The molecule has 0 aliphatic carbocycles. The summed E-state index contributed by atoms with van der Waals surface area (Å²) in [5.74, 6) is 0. The van der Waals surface area contributed by atoms with Gasteiger partial charge in [0.15, 0.2) is 0 Å². The number of carbonyl (C=O) groups excluding carboxylic acids is 1. The van der Waals surface area contributed by atoms with Crippen molar-refractivity contribution in [3.8, 4) is 0 Å². The molecule has 12 heavy (non-hydrogen) atoms. The van der Waals surface area contributed by atoms with Crippen molar-refractivity contribution in [1.29, 1.82) is 0 Å². The molecule has 4 heteroatoms. The molecule has 2 aliphatic heterocycles. The second-order valence-corrected chi connectivity index (χ2v) is 3.35. The highest BCUT2D eigenvalue weighted by Gasteiger charge is 2.25. The molecule has 2 saturated heterocycles.